The highest BCUT2D eigenvalue weighted by atomic mass is 32.2. The first-order valence-electron chi connectivity index (χ1n) is 18.2. The van der Waals surface area contributed by atoms with Crippen molar-refractivity contribution in [1.29, 1.82) is 0 Å². The minimum Gasteiger partial charge on any atom is -0.493 e. The number of ether oxygens (including phenoxy) is 3. The Morgan fingerprint density at radius 3 is 2.14 bits per heavy atom. The fraction of sp³-hybridized carbons (Fsp3) is 0.227. The first kappa shape index (κ1) is 38.4. The number of halogens is 3. The molecule has 0 spiro atoms. The number of amides is 1. The van der Waals surface area contributed by atoms with Crippen molar-refractivity contribution in [2.45, 2.75) is 36.1 Å². The minimum absolute atomic E-state index is 0.0280. The summed E-state index contributed by atoms with van der Waals surface area (Å²) in [5.41, 5.74) is 6.71. The molecule has 0 fully saturated rings. The molecule has 288 valence electrons. The molecule has 8 nitrogen and oxygen atoms in total. The maximum Gasteiger partial charge on any atom is 0.407 e. The highest BCUT2D eigenvalue weighted by Crippen LogP contribution is 2.44. The summed E-state index contributed by atoms with van der Waals surface area (Å²) in [6, 6.07) is 31.7. The third-order valence-electron chi connectivity index (χ3n) is 9.94. The third-order valence-corrected chi connectivity index (χ3v) is 10.9. The second kappa shape index (κ2) is 17.3. The number of rotatable bonds is 15. The lowest BCUT2D eigenvalue weighted by Gasteiger charge is -2.21. The monoisotopic (exact) mass is 778 g/mol. The highest BCUT2D eigenvalue weighted by Gasteiger charge is 2.29. The number of unbranched alkanes of at least 4 members (excludes halogenated alkanes) is 1. The lowest BCUT2D eigenvalue weighted by Crippen LogP contribution is -2.27. The summed E-state index contributed by atoms with van der Waals surface area (Å²) < 4.78 is 62.3. The number of methoxy groups -OCH3 is 2. The summed E-state index contributed by atoms with van der Waals surface area (Å²) in [5.74, 6) is -0.0901. The number of carbonyl (C=O) groups excluding carboxylic acids is 1. The molecule has 1 aliphatic rings. The molecule has 1 aromatic heterocycles. The highest BCUT2D eigenvalue weighted by molar-refractivity contribution is 7.98. The Hall–Kier alpha value is -5.88. The number of nitrogens with one attached hydrogen (secondary N) is 1. The van der Waals surface area contributed by atoms with Crippen LogP contribution >= 0.6 is 11.8 Å². The van der Waals surface area contributed by atoms with Crippen LogP contribution in [0.1, 0.15) is 41.1 Å². The number of thioether (sulfide) groups is 1. The lowest BCUT2D eigenvalue weighted by molar-refractivity contribution is 0.143. The van der Waals surface area contributed by atoms with Crippen molar-refractivity contribution >= 4 is 29.4 Å². The van der Waals surface area contributed by atoms with Crippen LogP contribution in [0, 0.1) is 17.5 Å². The average Bonchev–Trinajstić information content (AvgIpc) is 3.74. The van der Waals surface area contributed by atoms with E-state index in [1.807, 2.05) is 52.9 Å². The Morgan fingerprint density at radius 2 is 1.48 bits per heavy atom. The van der Waals surface area contributed by atoms with Crippen molar-refractivity contribution in [3.8, 4) is 28.3 Å². The summed E-state index contributed by atoms with van der Waals surface area (Å²) >= 11 is 1.18. The molecule has 0 unspecified atom stereocenters. The van der Waals surface area contributed by atoms with Crippen LogP contribution in [0.4, 0.5) is 29.5 Å². The van der Waals surface area contributed by atoms with Gasteiger partial charge in [0.05, 0.1) is 19.9 Å². The predicted molar refractivity (Wildman–Crippen MR) is 213 cm³/mol. The van der Waals surface area contributed by atoms with Crippen LogP contribution < -0.4 is 19.7 Å². The third kappa shape index (κ3) is 8.06. The SMILES string of the molecule is COc1ccc(N(C)c2nc(SCc3c(F)cccc3F)n(-c3ccc(F)cc3)c2CCCCNC(=O)OCC2c3ccccc3-c3ccccc32)cc1OC. The zero-order valence-electron chi connectivity index (χ0n) is 31.2. The lowest BCUT2D eigenvalue weighted by atomic mass is 9.98. The number of aromatic nitrogens is 2. The van der Waals surface area contributed by atoms with Crippen molar-refractivity contribution in [3.05, 3.63) is 149 Å². The Kier molecular flexibility index (Phi) is 11.9. The fourth-order valence-electron chi connectivity index (χ4n) is 7.09. The van der Waals surface area contributed by atoms with Crippen LogP contribution in [0.25, 0.3) is 16.8 Å². The minimum atomic E-state index is -0.649. The molecule has 1 amide bonds. The van der Waals surface area contributed by atoms with Gasteiger partial charge in [-0.15, -0.1) is 0 Å². The molecule has 1 heterocycles. The zero-order chi connectivity index (χ0) is 39.2. The van der Waals surface area contributed by atoms with Crippen molar-refractivity contribution in [2.24, 2.45) is 0 Å². The van der Waals surface area contributed by atoms with E-state index in [1.54, 1.807) is 32.4 Å². The molecular formula is C44H41F3N4O4S. The molecule has 0 bridgehead atoms. The first-order valence-corrected chi connectivity index (χ1v) is 19.2. The van der Waals surface area contributed by atoms with Crippen molar-refractivity contribution < 1.29 is 32.2 Å². The number of hydrogen-bond donors (Lipinski definition) is 1. The average molecular weight is 779 g/mol. The van der Waals surface area contributed by atoms with Gasteiger partial charge in [0.2, 0.25) is 0 Å². The van der Waals surface area contributed by atoms with E-state index in [0.717, 1.165) is 33.6 Å². The number of benzene rings is 5. The number of alkyl carbamates (subject to hydrolysis) is 1. The first-order chi connectivity index (χ1) is 27.3. The molecule has 1 N–H and O–H groups in total. The van der Waals surface area contributed by atoms with Crippen molar-refractivity contribution in [2.75, 3.05) is 39.3 Å². The van der Waals surface area contributed by atoms with E-state index in [2.05, 4.69) is 29.6 Å². The summed E-state index contributed by atoms with van der Waals surface area (Å²) in [6.45, 7) is 0.593. The number of imidazole rings is 1. The Bertz CT molecular complexity index is 2270. The van der Waals surface area contributed by atoms with Gasteiger partial charge in [0, 0.05) is 48.3 Å². The normalized spacial score (nSPS) is 11.9. The topological polar surface area (TPSA) is 77.9 Å². The van der Waals surface area contributed by atoms with Crippen LogP contribution in [-0.2, 0) is 16.9 Å². The van der Waals surface area contributed by atoms with E-state index in [9.17, 15) is 18.0 Å². The van der Waals surface area contributed by atoms with Gasteiger partial charge in [0.1, 0.15) is 24.1 Å². The van der Waals surface area contributed by atoms with Gasteiger partial charge in [0.25, 0.3) is 0 Å². The molecule has 1 aliphatic carbocycles. The molecule has 0 aliphatic heterocycles. The smallest absolute Gasteiger partial charge is 0.407 e. The van der Waals surface area contributed by atoms with E-state index in [1.165, 1.54) is 42.1 Å². The van der Waals surface area contributed by atoms with Crippen molar-refractivity contribution in [3.63, 3.8) is 0 Å². The van der Waals surface area contributed by atoms with Crippen molar-refractivity contribution in [1.82, 2.24) is 14.9 Å². The number of anilines is 2. The number of nitrogens with zero attached hydrogens (tertiary/aromatic N) is 3. The molecule has 0 saturated heterocycles. The molecule has 7 rings (SSSR count). The van der Waals surface area contributed by atoms with Gasteiger partial charge < -0.3 is 24.4 Å². The quantitative estimate of drug-likeness (QED) is 0.0822. The zero-order valence-corrected chi connectivity index (χ0v) is 32.0. The molecule has 12 heteroatoms. The second-order valence-corrected chi connectivity index (χ2v) is 14.2. The molecule has 0 saturated carbocycles. The number of fused-ring (bicyclic) bond motifs is 3. The fourth-order valence-corrected chi connectivity index (χ4v) is 8.13. The van der Waals surface area contributed by atoms with Gasteiger partial charge in [-0.1, -0.05) is 66.4 Å². The Balaban J connectivity index is 1.10. The largest absolute Gasteiger partial charge is 0.493 e. The van der Waals surface area contributed by atoms with Gasteiger partial charge >= 0.3 is 6.09 Å². The maximum atomic E-state index is 14.7. The molecule has 6 aromatic rings. The molecular weight excluding hydrogens is 738 g/mol. The van der Waals surface area contributed by atoms with Crippen LogP contribution in [0.3, 0.4) is 0 Å². The van der Waals surface area contributed by atoms with E-state index in [4.69, 9.17) is 19.2 Å². The Labute approximate surface area is 328 Å². The van der Waals surface area contributed by atoms with Crippen LogP contribution in [0.5, 0.6) is 11.5 Å². The maximum absolute atomic E-state index is 14.7. The van der Waals surface area contributed by atoms with Gasteiger partial charge in [-0.25, -0.2) is 22.9 Å². The van der Waals surface area contributed by atoms with Gasteiger partial charge in [-0.3, -0.25) is 4.57 Å². The van der Waals surface area contributed by atoms with Crippen LogP contribution in [0.2, 0.25) is 0 Å². The van der Waals surface area contributed by atoms with Gasteiger partial charge in [0.15, 0.2) is 22.5 Å². The van der Waals surface area contributed by atoms with Crippen LogP contribution in [-0.4, -0.2) is 50.1 Å². The van der Waals surface area contributed by atoms with E-state index in [-0.39, 0.29) is 23.8 Å². The summed E-state index contributed by atoms with van der Waals surface area (Å²) in [4.78, 5) is 19.8. The summed E-state index contributed by atoms with van der Waals surface area (Å²) in [5, 5.41) is 3.36. The molecule has 0 radical (unpaired) electrons. The molecule has 56 heavy (non-hydrogen) atoms. The van der Waals surface area contributed by atoms with E-state index in [0.29, 0.717) is 54.0 Å². The van der Waals surface area contributed by atoms with Crippen LogP contribution in [0.15, 0.2) is 114 Å². The van der Waals surface area contributed by atoms with Gasteiger partial charge in [-0.2, -0.15) is 0 Å². The molecule has 5 aromatic carbocycles. The molecule has 0 atom stereocenters. The van der Waals surface area contributed by atoms with E-state index < -0.39 is 23.5 Å². The predicted octanol–water partition coefficient (Wildman–Crippen LogP) is 10.2. The van der Waals surface area contributed by atoms with E-state index >= 15 is 0 Å². The number of carbonyl (C=O) groups is 1. The second-order valence-electron chi connectivity index (χ2n) is 13.3. The standard InChI is InChI=1S/C44H41F3N4O4S/c1-50(30-22-23-40(53-2)41(25-30)54-3)42-39(51(29-20-18-28(45)19-21-29)43(49-42)56-27-36-37(46)15-10-16-38(36)47)17-8-9-24-48-44(52)55-26-35-33-13-6-4-11-31(33)32-12-5-7-14-34(32)35/h4-7,10-16,18-23,25,35H,8-9,17,24,26-27H2,1-3H3,(H,48,52). The Morgan fingerprint density at radius 1 is 0.821 bits per heavy atom. The summed E-state index contributed by atoms with van der Waals surface area (Å²) in [6.07, 6.45) is 1.26. The van der Waals surface area contributed by atoms with Gasteiger partial charge in [-0.05, 0) is 90.0 Å². The number of hydrogen-bond acceptors (Lipinski definition) is 7. The summed E-state index contributed by atoms with van der Waals surface area (Å²) in [7, 11) is 4.99.